The van der Waals surface area contributed by atoms with Gasteiger partial charge in [0.1, 0.15) is 4.75 Å². The van der Waals surface area contributed by atoms with E-state index in [0.717, 1.165) is 39.9 Å². The van der Waals surface area contributed by atoms with Crippen LogP contribution in [0.3, 0.4) is 0 Å². The molecule has 4 unspecified atom stereocenters. The monoisotopic (exact) mass is 394 g/mol. The maximum Gasteiger partial charge on any atom is 0.264 e. The lowest BCUT2D eigenvalue weighted by molar-refractivity contribution is -0.119. The van der Waals surface area contributed by atoms with E-state index in [1.54, 1.807) is 11.8 Å². The number of carbonyl (C=O) groups is 1. The number of fused-ring (bicyclic) bond motifs is 3. The Morgan fingerprint density at radius 3 is 2.93 bits per heavy atom. The number of hydrogen-bond acceptors (Lipinski definition) is 5. The van der Waals surface area contributed by atoms with E-state index in [0.29, 0.717) is 12.6 Å². The lowest BCUT2D eigenvalue weighted by Gasteiger charge is -2.25. The van der Waals surface area contributed by atoms with Gasteiger partial charge in [0.15, 0.2) is 5.17 Å². The van der Waals surface area contributed by atoms with Crippen LogP contribution < -0.4 is 10.6 Å². The fourth-order valence-electron chi connectivity index (χ4n) is 4.98. The van der Waals surface area contributed by atoms with E-state index in [1.165, 1.54) is 25.7 Å². The average molecular weight is 395 g/mol. The zero-order valence-corrected chi connectivity index (χ0v) is 17.0. The van der Waals surface area contributed by atoms with E-state index in [-0.39, 0.29) is 5.91 Å². The summed E-state index contributed by atoms with van der Waals surface area (Å²) in [4.78, 5) is 21.3. The number of thioether (sulfide) groups is 1. The molecule has 3 aliphatic rings. The highest BCUT2D eigenvalue weighted by molar-refractivity contribution is 8.16. The third-order valence-corrected chi connectivity index (χ3v) is 7.84. The molecule has 146 valence electrons. The van der Waals surface area contributed by atoms with Crippen molar-refractivity contribution >= 4 is 39.3 Å². The number of nitrogens with one attached hydrogen (secondary N) is 2. The molecule has 1 aromatic heterocycles. The van der Waals surface area contributed by atoms with Gasteiger partial charge in [0.25, 0.3) is 5.91 Å². The number of aromatic nitrogens is 1. The third kappa shape index (κ3) is 3.28. The highest BCUT2D eigenvalue weighted by Gasteiger charge is 2.44. The molecular weight excluding hydrogens is 368 g/mol. The van der Waals surface area contributed by atoms with Crippen LogP contribution in [0.2, 0.25) is 0 Å². The van der Waals surface area contributed by atoms with Gasteiger partial charge < -0.3 is 10.6 Å². The van der Waals surface area contributed by atoms with Crippen molar-refractivity contribution < 1.29 is 4.79 Å². The Kier molecular flexibility index (Phi) is 4.54. The van der Waals surface area contributed by atoms with Crippen molar-refractivity contribution in [3.05, 3.63) is 36.7 Å². The number of nitrogens with zero attached hydrogens (tertiary/aromatic N) is 2. The van der Waals surface area contributed by atoms with Crippen LogP contribution in [0, 0.1) is 11.8 Å². The molecule has 2 N–H and O–H groups in total. The molecule has 6 heteroatoms. The van der Waals surface area contributed by atoms with E-state index in [4.69, 9.17) is 0 Å². The number of benzene rings is 1. The summed E-state index contributed by atoms with van der Waals surface area (Å²) in [5.74, 6) is 1.65. The summed E-state index contributed by atoms with van der Waals surface area (Å²) in [5.41, 5.74) is 1.01. The van der Waals surface area contributed by atoms with Crippen LogP contribution in [-0.2, 0) is 4.79 Å². The Morgan fingerprint density at radius 2 is 2.11 bits per heavy atom. The summed E-state index contributed by atoms with van der Waals surface area (Å²) in [6, 6.07) is 8.72. The number of carbonyl (C=O) groups excluding carboxylic acids is 1. The molecule has 2 heterocycles. The Bertz CT molecular complexity index is 940. The van der Waals surface area contributed by atoms with Gasteiger partial charge in [0.05, 0.1) is 11.9 Å². The molecule has 0 saturated heterocycles. The van der Waals surface area contributed by atoms with E-state index < -0.39 is 4.75 Å². The van der Waals surface area contributed by atoms with Crippen LogP contribution >= 0.6 is 11.8 Å². The van der Waals surface area contributed by atoms with E-state index in [1.807, 2.05) is 31.5 Å². The maximum absolute atomic E-state index is 12.6. The fraction of sp³-hybridized carbons (Fsp3) is 0.500. The SMILES string of the molecule is CC1(CCNc2cncc3ccccc23)SC(NC2CC3CCC2C3)=NC1=O. The molecular formula is C22H26N4OS. The number of pyridine rings is 1. The highest BCUT2D eigenvalue weighted by atomic mass is 32.2. The Balaban J connectivity index is 1.19. The van der Waals surface area contributed by atoms with Crippen molar-refractivity contribution in [2.75, 3.05) is 11.9 Å². The Hall–Kier alpha value is -2.08. The minimum atomic E-state index is -0.495. The maximum atomic E-state index is 12.6. The van der Waals surface area contributed by atoms with Gasteiger partial charge in [0.2, 0.25) is 0 Å². The van der Waals surface area contributed by atoms with Crippen molar-refractivity contribution in [3.8, 4) is 0 Å². The first kappa shape index (κ1) is 18.0. The lowest BCUT2D eigenvalue weighted by atomic mass is 9.96. The quantitative estimate of drug-likeness (QED) is 0.795. The number of hydrogen-bond donors (Lipinski definition) is 2. The van der Waals surface area contributed by atoms with Gasteiger partial charge >= 0.3 is 0 Å². The summed E-state index contributed by atoms with van der Waals surface area (Å²) in [6.07, 6.45) is 9.76. The van der Waals surface area contributed by atoms with Crippen LogP contribution in [0.4, 0.5) is 5.69 Å². The minimum Gasteiger partial charge on any atom is -0.383 e. The van der Waals surface area contributed by atoms with Crippen LogP contribution in [0.5, 0.6) is 0 Å². The molecule has 28 heavy (non-hydrogen) atoms. The predicted octanol–water partition coefficient (Wildman–Crippen LogP) is 4.20. The minimum absolute atomic E-state index is 0.0130. The summed E-state index contributed by atoms with van der Waals surface area (Å²) >= 11 is 1.61. The van der Waals surface area contributed by atoms with Crippen LogP contribution in [0.15, 0.2) is 41.7 Å². The first-order valence-corrected chi connectivity index (χ1v) is 11.1. The molecule has 5 nitrogen and oxygen atoms in total. The molecule has 0 spiro atoms. The van der Waals surface area contributed by atoms with E-state index in [2.05, 4.69) is 32.7 Å². The largest absolute Gasteiger partial charge is 0.383 e. The van der Waals surface area contributed by atoms with Crippen LogP contribution in [0.1, 0.15) is 39.0 Å². The molecule has 1 aliphatic heterocycles. The molecule has 2 bridgehead atoms. The second-order valence-electron chi connectivity index (χ2n) is 8.57. The van der Waals surface area contributed by atoms with Crippen molar-refractivity contribution in [3.63, 3.8) is 0 Å². The molecule has 2 aromatic rings. The molecule has 2 saturated carbocycles. The number of aliphatic imine (C=N–C) groups is 1. The van der Waals surface area contributed by atoms with Crippen molar-refractivity contribution in [1.29, 1.82) is 0 Å². The van der Waals surface area contributed by atoms with Crippen molar-refractivity contribution in [2.45, 2.75) is 49.8 Å². The standard InChI is InChI=1S/C22H26N4OS/c1-22(8-9-24-19-13-23-12-16-4-2-3-5-17(16)19)20(27)26-21(28-22)25-18-11-14-6-7-15(18)10-14/h2-5,12-15,18,24H,6-11H2,1H3,(H,25,26,27). The zero-order chi connectivity index (χ0) is 19.1. The van der Waals surface area contributed by atoms with Gasteiger partial charge in [-0.15, -0.1) is 0 Å². The zero-order valence-electron chi connectivity index (χ0n) is 16.1. The fourth-order valence-corrected chi connectivity index (χ4v) is 6.09. The third-order valence-electron chi connectivity index (χ3n) is 6.61. The van der Waals surface area contributed by atoms with E-state index >= 15 is 0 Å². The van der Waals surface area contributed by atoms with E-state index in [9.17, 15) is 4.79 Å². The number of amides is 1. The average Bonchev–Trinajstić information content (AvgIpc) is 3.38. The van der Waals surface area contributed by atoms with Gasteiger partial charge in [-0.25, -0.2) is 0 Å². The summed E-state index contributed by atoms with van der Waals surface area (Å²) < 4.78 is -0.495. The lowest BCUT2D eigenvalue weighted by Crippen LogP contribution is -2.37. The van der Waals surface area contributed by atoms with Crippen molar-refractivity contribution in [1.82, 2.24) is 10.3 Å². The molecule has 1 aromatic carbocycles. The Morgan fingerprint density at radius 1 is 1.21 bits per heavy atom. The van der Waals surface area contributed by atoms with Crippen molar-refractivity contribution in [2.24, 2.45) is 16.8 Å². The Labute approximate surface area is 169 Å². The summed E-state index contributed by atoms with van der Waals surface area (Å²) in [7, 11) is 0. The molecule has 0 radical (unpaired) electrons. The number of anilines is 1. The van der Waals surface area contributed by atoms with Gasteiger partial charge in [-0.3, -0.25) is 9.78 Å². The van der Waals surface area contributed by atoms with Crippen LogP contribution in [0.25, 0.3) is 10.8 Å². The van der Waals surface area contributed by atoms with Gasteiger partial charge in [-0.1, -0.05) is 42.4 Å². The first-order valence-electron chi connectivity index (χ1n) is 10.3. The second kappa shape index (κ2) is 7.07. The topological polar surface area (TPSA) is 66.4 Å². The predicted molar refractivity (Wildman–Crippen MR) is 116 cm³/mol. The molecule has 2 aliphatic carbocycles. The second-order valence-corrected chi connectivity index (χ2v) is 10.1. The normalized spacial score (nSPS) is 31.4. The molecule has 5 rings (SSSR count). The molecule has 4 atom stereocenters. The number of rotatable bonds is 5. The molecule has 1 amide bonds. The summed E-state index contributed by atoms with van der Waals surface area (Å²) in [5, 5.41) is 10.2. The highest BCUT2D eigenvalue weighted by Crippen LogP contribution is 2.45. The van der Waals surface area contributed by atoms with Gasteiger partial charge in [-0.2, -0.15) is 4.99 Å². The molecule has 2 fully saturated rings. The van der Waals surface area contributed by atoms with Gasteiger partial charge in [-0.05, 0) is 44.4 Å². The smallest absolute Gasteiger partial charge is 0.264 e. The van der Waals surface area contributed by atoms with Crippen LogP contribution in [-0.4, -0.2) is 33.4 Å². The number of amidine groups is 1. The summed E-state index contributed by atoms with van der Waals surface area (Å²) in [6.45, 7) is 2.73. The van der Waals surface area contributed by atoms with Gasteiger partial charge in [0, 0.05) is 29.6 Å². The first-order chi connectivity index (χ1) is 13.6.